The summed E-state index contributed by atoms with van der Waals surface area (Å²) in [5.74, 6) is -1.76. The average molecular weight is 401 g/mol. The van der Waals surface area contributed by atoms with Gasteiger partial charge in [-0.05, 0) is 62.4 Å². The van der Waals surface area contributed by atoms with E-state index < -0.39 is 29.4 Å². The Morgan fingerprint density at radius 3 is 2.64 bits per heavy atom. The predicted molar refractivity (Wildman–Crippen MR) is 107 cm³/mol. The molecule has 3 amide bonds. The second kappa shape index (κ2) is 8.02. The van der Waals surface area contributed by atoms with Crippen LogP contribution < -0.4 is 5.32 Å². The van der Waals surface area contributed by atoms with Gasteiger partial charge in [-0.15, -0.1) is 0 Å². The van der Waals surface area contributed by atoms with Gasteiger partial charge in [0.1, 0.15) is 12.4 Å². The Morgan fingerprint density at radius 2 is 2.00 bits per heavy atom. The molecular formula is C20H20FN3O3S. The Labute approximate surface area is 166 Å². The van der Waals surface area contributed by atoms with E-state index in [4.69, 9.17) is 0 Å². The van der Waals surface area contributed by atoms with E-state index in [9.17, 15) is 18.8 Å². The molecule has 0 bridgehead atoms. The Hall–Kier alpha value is -2.87. The minimum absolute atomic E-state index is 0.000476. The van der Waals surface area contributed by atoms with Gasteiger partial charge < -0.3 is 9.88 Å². The van der Waals surface area contributed by atoms with Gasteiger partial charge in [0, 0.05) is 17.9 Å². The number of hydrogen-bond donors (Lipinski definition) is 1. The van der Waals surface area contributed by atoms with Gasteiger partial charge in [-0.25, -0.2) is 4.39 Å². The first kappa shape index (κ1) is 19.9. The molecule has 28 heavy (non-hydrogen) atoms. The summed E-state index contributed by atoms with van der Waals surface area (Å²) < 4.78 is 15.7. The van der Waals surface area contributed by atoms with Crippen molar-refractivity contribution < 1.29 is 18.8 Å². The van der Waals surface area contributed by atoms with E-state index in [-0.39, 0.29) is 16.6 Å². The van der Waals surface area contributed by atoms with Gasteiger partial charge in [-0.1, -0.05) is 12.1 Å². The van der Waals surface area contributed by atoms with Crippen LogP contribution in [-0.2, 0) is 9.59 Å². The number of nitrogens with one attached hydrogen (secondary N) is 1. The van der Waals surface area contributed by atoms with Crippen molar-refractivity contribution in [2.45, 2.75) is 26.8 Å². The third-order valence-corrected chi connectivity index (χ3v) is 5.16. The number of amides is 3. The molecule has 2 aromatic rings. The van der Waals surface area contributed by atoms with Crippen molar-refractivity contribution >= 4 is 40.6 Å². The number of nitrogens with zero attached hydrogens (tertiary/aromatic N) is 2. The number of aryl methyl sites for hydroxylation is 1. The lowest BCUT2D eigenvalue weighted by molar-refractivity contribution is -0.127. The molecule has 146 valence electrons. The summed E-state index contributed by atoms with van der Waals surface area (Å²) in [6.45, 7) is 5.61. The van der Waals surface area contributed by atoms with Crippen molar-refractivity contribution in [2.75, 3.05) is 11.9 Å². The van der Waals surface area contributed by atoms with Crippen molar-refractivity contribution in [1.82, 2.24) is 9.47 Å². The molecule has 1 aliphatic rings. The van der Waals surface area contributed by atoms with E-state index in [1.807, 2.05) is 19.2 Å². The number of carbonyl (C=O) groups is 3. The summed E-state index contributed by atoms with van der Waals surface area (Å²) in [5, 5.41) is 1.85. The third-order valence-electron chi connectivity index (χ3n) is 4.25. The van der Waals surface area contributed by atoms with E-state index in [1.165, 1.54) is 18.2 Å². The molecular weight excluding hydrogens is 381 g/mol. The number of anilines is 1. The summed E-state index contributed by atoms with van der Waals surface area (Å²) >= 11 is 0.787. The zero-order chi connectivity index (χ0) is 20.4. The Morgan fingerprint density at radius 1 is 1.29 bits per heavy atom. The van der Waals surface area contributed by atoms with E-state index in [2.05, 4.69) is 23.7 Å². The highest BCUT2D eigenvalue weighted by Gasteiger charge is 2.36. The number of thioether (sulfide) groups is 1. The van der Waals surface area contributed by atoms with Gasteiger partial charge in [0.2, 0.25) is 5.91 Å². The van der Waals surface area contributed by atoms with E-state index in [0.717, 1.165) is 27.9 Å². The fourth-order valence-electron chi connectivity index (χ4n) is 2.93. The van der Waals surface area contributed by atoms with Crippen LogP contribution in [0.15, 0.2) is 41.4 Å². The lowest BCUT2D eigenvalue weighted by Gasteiger charge is -2.12. The first-order valence-electron chi connectivity index (χ1n) is 8.74. The zero-order valence-electron chi connectivity index (χ0n) is 15.7. The maximum absolute atomic E-state index is 13.6. The minimum Gasteiger partial charge on any atom is -0.349 e. The van der Waals surface area contributed by atoms with Gasteiger partial charge >= 0.3 is 0 Å². The summed E-state index contributed by atoms with van der Waals surface area (Å²) in [4.78, 5) is 38.0. The first-order chi connectivity index (χ1) is 13.3. The van der Waals surface area contributed by atoms with Crippen LogP contribution in [0.5, 0.6) is 0 Å². The van der Waals surface area contributed by atoms with Crippen LogP contribution in [0, 0.1) is 12.7 Å². The monoisotopic (exact) mass is 401 g/mol. The molecule has 1 aromatic carbocycles. The topological polar surface area (TPSA) is 71.4 Å². The maximum atomic E-state index is 13.6. The van der Waals surface area contributed by atoms with Crippen molar-refractivity contribution in [3.8, 4) is 0 Å². The molecule has 0 radical (unpaired) electrons. The highest BCUT2D eigenvalue weighted by Crippen LogP contribution is 2.32. The molecule has 0 aliphatic carbocycles. The van der Waals surface area contributed by atoms with Crippen LogP contribution in [-0.4, -0.2) is 33.1 Å². The maximum Gasteiger partial charge on any atom is 0.294 e. The number of benzene rings is 1. The zero-order valence-corrected chi connectivity index (χ0v) is 16.5. The van der Waals surface area contributed by atoms with E-state index >= 15 is 0 Å². The fourth-order valence-corrected chi connectivity index (χ4v) is 3.77. The number of imide groups is 1. The molecule has 0 spiro atoms. The molecule has 1 saturated heterocycles. The highest BCUT2D eigenvalue weighted by atomic mass is 32.2. The fraction of sp³-hybridized carbons (Fsp3) is 0.250. The van der Waals surface area contributed by atoms with Gasteiger partial charge in [0.25, 0.3) is 11.1 Å². The molecule has 0 atom stereocenters. The molecule has 1 fully saturated rings. The van der Waals surface area contributed by atoms with Gasteiger partial charge in [0.15, 0.2) is 0 Å². The van der Waals surface area contributed by atoms with Crippen LogP contribution in [0.2, 0.25) is 0 Å². The van der Waals surface area contributed by atoms with Crippen LogP contribution >= 0.6 is 11.8 Å². The standard InChI is InChI=1S/C20H20FN3O3S/c1-12(2)23-10-14(8-13(23)3)9-17-19(26)24(20(27)28-17)11-18(25)22-16-7-5-4-6-15(16)21/h4-10,12H,11H2,1-3H3,(H,22,25)/b17-9+. The number of hydrogen-bond acceptors (Lipinski definition) is 4. The molecule has 2 heterocycles. The summed E-state index contributed by atoms with van der Waals surface area (Å²) in [7, 11) is 0. The molecule has 3 rings (SSSR count). The lowest BCUT2D eigenvalue weighted by Crippen LogP contribution is -2.36. The van der Waals surface area contributed by atoms with Crippen molar-refractivity contribution in [3.63, 3.8) is 0 Å². The second-order valence-corrected chi connectivity index (χ2v) is 7.70. The Kier molecular flexibility index (Phi) is 5.69. The molecule has 1 aliphatic heterocycles. The molecule has 1 N–H and O–H groups in total. The van der Waals surface area contributed by atoms with Crippen molar-refractivity contribution in [3.05, 3.63) is 58.5 Å². The molecule has 1 aromatic heterocycles. The number of rotatable bonds is 5. The normalized spacial score (nSPS) is 15.8. The Balaban J connectivity index is 1.72. The lowest BCUT2D eigenvalue weighted by atomic mass is 10.2. The molecule has 0 saturated carbocycles. The van der Waals surface area contributed by atoms with Gasteiger partial charge in [-0.2, -0.15) is 0 Å². The van der Waals surface area contributed by atoms with Crippen LogP contribution in [0.1, 0.15) is 31.1 Å². The minimum atomic E-state index is -0.643. The summed E-state index contributed by atoms with van der Waals surface area (Å²) in [6.07, 6.45) is 3.56. The quantitative estimate of drug-likeness (QED) is 0.763. The van der Waals surface area contributed by atoms with Crippen LogP contribution in [0.3, 0.4) is 0 Å². The highest BCUT2D eigenvalue weighted by molar-refractivity contribution is 8.18. The number of para-hydroxylation sites is 1. The van der Waals surface area contributed by atoms with Crippen LogP contribution in [0.4, 0.5) is 14.9 Å². The number of carbonyl (C=O) groups excluding carboxylic acids is 3. The number of halogens is 1. The average Bonchev–Trinajstić information content (AvgIpc) is 3.12. The second-order valence-electron chi connectivity index (χ2n) is 6.71. The van der Waals surface area contributed by atoms with Crippen molar-refractivity contribution in [1.29, 1.82) is 0 Å². The van der Waals surface area contributed by atoms with Crippen molar-refractivity contribution in [2.24, 2.45) is 0 Å². The molecule has 8 heteroatoms. The predicted octanol–water partition coefficient (Wildman–Crippen LogP) is 4.19. The number of aromatic nitrogens is 1. The molecule has 0 unspecified atom stereocenters. The van der Waals surface area contributed by atoms with Gasteiger partial charge in [-0.3, -0.25) is 19.3 Å². The SMILES string of the molecule is Cc1cc(/C=C2/SC(=O)N(CC(=O)Nc3ccccc3F)C2=O)cn1C(C)C. The van der Waals surface area contributed by atoms with Crippen LogP contribution in [0.25, 0.3) is 6.08 Å². The largest absolute Gasteiger partial charge is 0.349 e. The van der Waals surface area contributed by atoms with Gasteiger partial charge in [0.05, 0.1) is 10.6 Å². The first-order valence-corrected chi connectivity index (χ1v) is 9.56. The van der Waals surface area contributed by atoms with E-state index in [1.54, 1.807) is 12.1 Å². The Bertz CT molecular complexity index is 981. The smallest absolute Gasteiger partial charge is 0.294 e. The molecule has 6 nitrogen and oxygen atoms in total. The summed E-state index contributed by atoms with van der Waals surface area (Å²) in [6, 6.07) is 7.90. The summed E-state index contributed by atoms with van der Waals surface area (Å²) in [5.41, 5.74) is 1.86. The third kappa shape index (κ3) is 4.17. The van der Waals surface area contributed by atoms with E-state index in [0.29, 0.717) is 0 Å².